The van der Waals surface area contributed by atoms with Gasteiger partial charge in [-0.15, -0.1) is 5.10 Å². The first-order chi connectivity index (χ1) is 13.6. The molecule has 0 saturated heterocycles. The normalized spacial score (nSPS) is 15.4. The van der Waals surface area contributed by atoms with Crippen LogP contribution in [0.3, 0.4) is 0 Å². The van der Waals surface area contributed by atoms with Crippen LogP contribution in [0, 0.1) is 0 Å². The summed E-state index contributed by atoms with van der Waals surface area (Å²) >= 11 is 0. The maximum atomic E-state index is 12.7. The Morgan fingerprint density at radius 1 is 0.964 bits per heavy atom. The van der Waals surface area contributed by atoms with Crippen LogP contribution in [0.4, 0.5) is 11.6 Å². The van der Waals surface area contributed by atoms with Crippen molar-refractivity contribution in [1.82, 2.24) is 15.2 Å². The van der Waals surface area contributed by atoms with E-state index in [4.69, 9.17) is 0 Å². The van der Waals surface area contributed by atoms with Crippen LogP contribution in [0.2, 0.25) is 0 Å². The van der Waals surface area contributed by atoms with Crippen molar-refractivity contribution in [3.05, 3.63) is 64.2 Å². The molecule has 2 aromatic carbocycles. The second-order valence-corrected chi connectivity index (χ2v) is 9.47. The van der Waals surface area contributed by atoms with Gasteiger partial charge in [0, 0.05) is 5.69 Å². The highest BCUT2D eigenvalue weighted by Crippen LogP contribution is 2.39. The van der Waals surface area contributed by atoms with E-state index in [2.05, 4.69) is 26.6 Å². The summed E-state index contributed by atoms with van der Waals surface area (Å²) in [5, 5.41) is 10.0. The molecule has 0 fully saturated rings. The summed E-state index contributed by atoms with van der Waals surface area (Å²) < 4.78 is 25.4. The zero-order valence-electron chi connectivity index (χ0n) is 15.5. The highest BCUT2D eigenvalue weighted by Gasteiger charge is 2.26. The highest BCUT2D eigenvalue weighted by molar-refractivity contribution is 7.90. The van der Waals surface area contributed by atoms with Gasteiger partial charge in [0.1, 0.15) is 0 Å². The number of nitrogens with zero attached hydrogens (tertiary/aromatic N) is 2. The van der Waals surface area contributed by atoms with Gasteiger partial charge in [-0.1, -0.05) is 36.4 Å². The maximum Gasteiger partial charge on any atom is 0.247 e. The summed E-state index contributed by atoms with van der Waals surface area (Å²) in [6.45, 7) is 0. The smallest absolute Gasteiger partial charge is 0.247 e. The second kappa shape index (κ2) is 6.74. The standard InChI is InChI=1S/C21H22N4O2S/c26-28(27,13-14-6-2-1-3-7-14)21-23-20(24-25-21)22-19-17-10-4-8-15(17)12-16-9-5-11-18(16)19/h1-3,6-7,12H,4-5,8-11,13H2,(H2,22,23,24,25). The van der Waals surface area contributed by atoms with Gasteiger partial charge < -0.3 is 5.32 Å². The van der Waals surface area contributed by atoms with Crippen molar-refractivity contribution in [2.45, 2.75) is 49.4 Å². The van der Waals surface area contributed by atoms with Crippen molar-refractivity contribution >= 4 is 21.5 Å². The molecule has 0 saturated carbocycles. The molecule has 0 atom stereocenters. The minimum absolute atomic E-state index is 0.0944. The minimum atomic E-state index is -3.58. The fourth-order valence-corrected chi connectivity index (χ4v) is 5.56. The van der Waals surface area contributed by atoms with Crippen molar-refractivity contribution in [3.63, 3.8) is 0 Å². The van der Waals surface area contributed by atoms with Gasteiger partial charge in [0.25, 0.3) is 0 Å². The lowest BCUT2D eigenvalue weighted by Gasteiger charge is -2.15. The van der Waals surface area contributed by atoms with Gasteiger partial charge in [0.2, 0.25) is 20.9 Å². The molecule has 0 spiro atoms. The van der Waals surface area contributed by atoms with Gasteiger partial charge in [-0.3, -0.25) is 0 Å². The monoisotopic (exact) mass is 394 g/mol. The molecule has 5 rings (SSSR count). The number of nitrogens with one attached hydrogen (secondary N) is 2. The zero-order chi connectivity index (χ0) is 19.1. The molecule has 0 amide bonds. The number of H-pyrrole nitrogens is 1. The van der Waals surface area contributed by atoms with Crippen LogP contribution < -0.4 is 5.32 Å². The summed E-state index contributed by atoms with van der Waals surface area (Å²) in [4.78, 5) is 4.26. The van der Waals surface area contributed by atoms with Crippen molar-refractivity contribution < 1.29 is 8.42 Å². The predicted molar refractivity (Wildman–Crippen MR) is 107 cm³/mol. The van der Waals surface area contributed by atoms with Crippen LogP contribution in [-0.2, 0) is 41.3 Å². The number of sulfone groups is 1. The van der Waals surface area contributed by atoms with E-state index in [-0.39, 0.29) is 10.9 Å². The van der Waals surface area contributed by atoms with E-state index in [1.165, 1.54) is 22.3 Å². The SMILES string of the molecule is O=S(=O)(Cc1ccccc1)c1nc(Nc2c3c(cc4c2CCC4)CCC3)n[nH]1. The van der Waals surface area contributed by atoms with Crippen LogP contribution in [0.15, 0.2) is 41.6 Å². The van der Waals surface area contributed by atoms with Crippen molar-refractivity contribution in [2.75, 3.05) is 5.32 Å². The van der Waals surface area contributed by atoms with E-state index in [0.717, 1.165) is 49.8 Å². The van der Waals surface area contributed by atoms with Crippen LogP contribution in [0.5, 0.6) is 0 Å². The third-order valence-electron chi connectivity index (χ3n) is 5.67. The highest BCUT2D eigenvalue weighted by atomic mass is 32.2. The van der Waals surface area contributed by atoms with Gasteiger partial charge in [-0.25, -0.2) is 13.5 Å². The fourth-order valence-electron chi connectivity index (χ4n) is 4.38. The van der Waals surface area contributed by atoms with Gasteiger partial charge in [-0.2, -0.15) is 4.98 Å². The van der Waals surface area contributed by atoms with Gasteiger partial charge in [0.05, 0.1) is 5.75 Å². The molecule has 1 aromatic heterocycles. The molecule has 6 nitrogen and oxygen atoms in total. The number of fused-ring (bicyclic) bond motifs is 2. The number of aryl methyl sites for hydroxylation is 2. The lowest BCUT2D eigenvalue weighted by molar-refractivity contribution is 0.587. The van der Waals surface area contributed by atoms with E-state index in [1.54, 1.807) is 12.1 Å². The van der Waals surface area contributed by atoms with E-state index < -0.39 is 9.84 Å². The Balaban J connectivity index is 1.44. The third-order valence-corrected chi connectivity index (χ3v) is 7.15. The number of hydrogen-bond donors (Lipinski definition) is 2. The lowest BCUT2D eigenvalue weighted by Crippen LogP contribution is -2.07. The lowest BCUT2D eigenvalue weighted by atomic mass is 9.99. The van der Waals surface area contributed by atoms with E-state index in [9.17, 15) is 8.42 Å². The van der Waals surface area contributed by atoms with E-state index in [1.807, 2.05) is 18.2 Å². The summed E-state index contributed by atoms with van der Waals surface area (Å²) in [5.74, 6) is 0.222. The second-order valence-electron chi connectivity index (χ2n) is 7.57. The van der Waals surface area contributed by atoms with Crippen LogP contribution in [-0.4, -0.2) is 23.6 Å². The molecule has 144 valence electrons. The Morgan fingerprint density at radius 2 is 1.64 bits per heavy atom. The molecule has 0 aliphatic heterocycles. The number of benzene rings is 2. The minimum Gasteiger partial charge on any atom is -0.322 e. The van der Waals surface area contributed by atoms with E-state index in [0.29, 0.717) is 5.95 Å². The zero-order valence-corrected chi connectivity index (χ0v) is 16.3. The van der Waals surface area contributed by atoms with Crippen molar-refractivity contribution in [1.29, 1.82) is 0 Å². The first-order valence-electron chi connectivity index (χ1n) is 9.73. The first kappa shape index (κ1) is 17.4. The predicted octanol–water partition coefficient (Wildman–Crippen LogP) is 3.50. The van der Waals surface area contributed by atoms with Gasteiger partial charge in [-0.05, 0) is 66.3 Å². The molecular formula is C21H22N4O2S. The van der Waals surface area contributed by atoms with Crippen molar-refractivity contribution in [3.8, 4) is 0 Å². The molecule has 2 N–H and O–H groups in total. The summed E-state index contributed by atoms with van der Waals surface area (Å²) in [7, 11) is -3.58. The molecule has 0 radical (unpaired) electrons. The maximum absolute atomic E-state index is 12.7. The number of aromatic nitrogens is 3. The Morgan fingerprint density at radius 3 is 2.32 bits per heavy atom. The number of hydrogen-bond acceptors (Lipinski definition) is 5. The molecule has 28 heavy (non-hydrogen) atoms. The van der Waals surface area contributed by atoms with E-state index >= 15 is 0 Å². The topological polar surface area (TPSA) is 87.7 Å². The number of rotatable bonds is 5. The Labute approximate surface area is 164 Å². The average molecular weight is 395 g/mol. The number of anilines is 2. The van der Waals surface area contributed by atoms with Crippen LogP contribution in [0.25, 0.3) is 0 Å². The summed E-state index contributed by atoms with van der Waals surface area (Å²) in [5.41, 5.74) is 7.35. The molecule has 1 heterocycles. The van der Waals surface area contributed by atoms with Gasteiger partial charge in [0.15, 0.2) is 0 Å². The Bertz CT molecular complexity index is 1100. The third kappa shape index (κ3) is 3.09. The molecule has 2 aliphatic rings. The molecule has 3 aromatic rings. The van der Waals surface area contributed by atoms with Gasteiger partial charge >= 0.3 is 0 Å². The molecule has 0 unspecified atom stereocenters. The van der Waals surface area contributed by atoms with Crippen molar-refractivity contribution in [2.24, 2.45) is 0 Å². The first-order valence-corrected chi connectivity index (χ1v) is 11.4. The summed E-state index contributed by atoms with van der Waals surface area (Å²) in [6, 6.07) is 11.5. The molecular weight excluding hydrogens is 372 g/mol. The quantitative estimate of drug-likeness (QED) is 0.691. The molecule has 2 aliphatic carbocycles. The number of aromatic amines is 1. The Hall–Kier alpha value is -2.67. The largest absolute Gasteiger partial charge is 0.322 e. The van der Waals surface area contributed by atoms with Crippen LogP contribution >= 0.6 is 0 Å². The average Bonchev–Trinajstić information content (AvgIpc) is 3.42. The summed E-state index contributed by atoms with van der Waals surface area (Å²) in [6.07, 6.45) is 6.66. The fraction of sp³-hybridized carbons (Fsp3) is 0.333. The van der Waals surface area contributed by atoms with Crippen LogP contribution in [0.1, 0.15) is 40.7 Å². The Kier molecular flexibility index (Phi) is 4.19. The molecule has 7 heteroatoms. The molecule has 0 bridgehead atoms.